The highest BCUT2D eigenvalue weighted by Crippen LogP contribution is 2.31. The van der Waals surface area contributed by atoms with E-state index in [9.17, 15) is 14.0 Å². The van der Waals surface area contributed by atoms with Gasteiger partial charge in [0.15, 0.2) is 5.82 Å². The number of nitrogens with one attached hydrogen (secondary N) is 2. The molecule has 3 heterocycles. The highest BCUT2D eigenvalue weighted by Gasteiger charge is 2.20. The zero-order chi connectivity index (χ0) is 24.0. The molecule has 5 aromatic rings. The molecular formula is C24H18ClFN6O2. The van der Waals surface area contributed by atoms with Crippen molar-refractivity contribution >= 4 is 45.4 Å². The summed E-state index contributed by atoms with van der Waals surface area (Å²) in [6, 6.07) is 13.3. The fourth-order valence-electron chi connectivity index (χ4n) is 3.88. The van der Waals surface area contributed by atoms with Crippen LogP contribution in [0.5, 0.6) is 0 Å². The zero-order valence-electron chi connectivity index (χ0n) is 18.1. The molecule has 0 aliphatic rings. The molecule has 170 valence electrons. The molecule has 5 rings (SSSR count). The molecule has 2 aromatic carbocycles. The first-order chi connectivity index (χ1) is 16.4. The van der Waals surface area contributed by atoms with Gasteiger partial charge < -0.3 is 5.32 Å². The van der Waals surface area contributed by atoms with Crippen LogP contribution in [0.25, 0.3) is 38.8 Å². The van der Waals surface area contributed by atoms with Crippen LogP contribution in [0.3, 0.4) is 0 Å². The van der Waals surface area contributed by atoms with Gasteiger partial charge in [0, 0.05) is 31.2 Å². The van der Waals surface area contributed by atoms with Crippen LogP contribution >= 0.6 is 11.6 Å². The van der Waals surface area contributed by atoms with Crippen molar-refractivity contribution in [1.82, 2.24) is 24.4 Å². The molecule has 0 saturated carbocycles. The number of pyridine rings is 2. The van der Waals surface area contributed by atoms with Crippen LogP contribution in [0.15, 0.2) is 65.7 Å². The monoisotopic (exact) mass is 476 g/mol. The number of hydrogen-bond donors (Lipinski definition) is 2. The number of carbonyl (C=O) groups is 1. The number of nitrogens with zero attached hydrogens (tertiary/aromatic N) is 4. The van der Waals surface area contributed by atoms with Crippen LogP contribution in [0.2, 0.25) is 5.02 Å². The number of amides is 2. The van der Waals surface area contributed by atoms with Gasteiger partial charge in [0.2, 0.25) is 0 Å². The Morgan fingerprint density at radius 2 is 1.85 bits per heavy atom. The summed E-state index contributed by atoms with van der Waals surface area (Å²) < 4.78 is 17.7. The summed E-state index contributed by atoms with van der Waals surface area (Å²) in [6.45, 7) is 0. The Bertz CT molecular complexity index is 1640. The molecule has 0 saturated heterocycles. The molecule has 0 radical (unpaired) electrons. The lowest BCUT2D eigenvalue weighted by molar-refractivity contribution is 0.254. The summed E-state index contributed by atoms with van der Waals surface area (Å²) >= 11 is 6.00. The first-order valence-electron chi connectivity index (χ1n) is 10.3. The minimum absolute atomic E-state index is 0.0623. The molecule has 3 aromatic heterocycles. The fraction of sp³-hybridized carbons (Fsp3) is 0.0833. The van der Waals surface area contributed by atoms with E-state index in [1.54, 1.807) is 31.6 Å². The predicted octanol–water partition coefficient (Wildman–Crippen LogP) is 4.48. The van der Waals surface area contributed by atoms with E-state index in [1.165, 1.54) is 28.3 Å². The van der Waals surface area contributed by atoms with Crippen molar-refractivity contribution in [3.63, 3.8) is 0 Å². The first kappa shape index (κ1) is 21.6. The summed E-state index contributed by atoms with van der Waals surface area (Å²) in [6.07, 6.45) is 3.23. The second-order valence-electron chi connectivity index (χ2n) is 7.61. The Hall–Kier alpha value is -4.24. The van der Waals surface area contributed by atoms with Gasteiger partial charge in [0.25, 0.3) is 0 Å². The van der Waals surface area contributed by atoms with Crippen molar-refractivity contribution in [1.29, 1.82) is 0 Å². The fourth-order valence-corrected chi connectivity index (χ4v) is 4.05. The summed E-state index contributed by atoms with van der Waals surface area (Å²) in [5, 5.41) is 5.67. The van der Waals surface area contributed by atoms with Gasteiger partial charge in [-0.05, 0) is 42.0 Å². The van der Waals surface area contributed by atoms with Crippen molar-refractivity contribution in [2.75, 3.05) is 12.4 Å². The number of carbonyl (C=O) groups excluding carboxylic acids is 1. The Labute approximate surface area is 197 Å². The smallest absolute Gasteiger partial charge is 0.333 e. The quantitative estimate of drug-likeness (QED) is 0.401. The van der Waals surface area contributed by atoms with Gasteiger partial charge in [-0.2, -0.15) is 0 Å². The van der Waals surface area contributed by atoms with Gasteiger partial charge in [0.05, 0.1) is 33.5 Å². The highest BCUT2D eigenvalue weighted by molar-refractivity contribution is 6.31. The summed E-state index contributed by atoms with van der Waals surface area (Å²) in [5.41, 5.74) is 2.97. The third kappa shape index (κ3) is 3.46. The Morgan fingerprint density at radius 3 is 2.59 bits per heavy atom. The number of benzene rings is 2. The number of aromatic nitrogens is 4. The van der Waals surface area contributed by atoms with Crippen molar-refractivity contribution in [2.24, 2.45) is 7.05 Å². The van der Waals surface area contributed by atoms with Gasteiger partial charge in [0.1, 0.15) is 5.82 Å². The normalized spacial score (nSPS) is 11.2. The average Bonchev–Trinajstić information content (AvgIpc) is 3.11. The Balaban J connectivity index is 1.73. The standard InChI is InChI=1S/C24H18ClFN6O2/c1-27-23(33)30-20-9-7-14(11-29-20)13-6-8-17-15(10-13)22-19(12-28-17)31(2)24(34)32(22)18-5-3-4-16(25)21(18)26/h3-12H,1-2H3,(H2,27,29,30,33). The van der Waals surface area contributed by atoms with E-state index in [2.05, 4.69) is 20.6 Å². The maximum absolute atomic E-state index is 14.9. The molecule has 0 bridgehead atoms. The Morgan fingerprint density at radius 1 is 1.06 bits per heavy atom. The number of aryl methyl sites for hydroxylation is 1. The predicted molar refractivity (Wildman–Crippen MR) is 130 cm³/mol. The van der Waals surface area contributed by atoms with E-state index in [1.807, 2.05) is 24.3 Å². The van der Waals surface area contributed by atoms with Gasteiger partial charge in [-0.1, -0.05) is 23.7 Å². The minimum Gasteiger partial charge on any atom is -0.341 e. The largest absolute Gasteiger partial charge is 0.341 e. The van der Waals surface area contributed by atoms with Gasteiger partial charge in [-0.3, -0.25) is 19.4 Å². The lowest BCUT2D eigenvalue weighted by Gasteiger charge is -2.10. The van der Waals surface area contributed by atoms with Crippen LogP contribution in [-0.2, 0) is 7.05 Å². The number of anilines is 1. The molecule has 8 nitrogen and oxygen atoms in total. The van der Waals surface area contributed by atoms with E-state index < -0.39 is 11.5 Å². The van der Waals surface area contributed by atoms with Crippen molar-refractivity contribution < 1.29 is 9.18 Å². The molecule has 2 N–H and O–H groups in total. The molecule has 10 heteroatoms. The minimum atomic E-state index is -0.678. The topological polar surface area (TPSA) is 93.8 Å². The van der Waals surface area contributed by atoms with Crippen LogP contribution < -0.4 is 16.3 Å². The second-order valence-corrected chi connectivity index (χ2v) is 8.02. The van der Waals surface area contributed by atoms with Crippen LogP contribution in [0.1, 0.15) is 0 Å². The van der Waals surface area contributed by atoms with Gasteiger partial charge >= 0.3 is 11.7 Å². The number of halogens is 2. The number of urea groups is 1. The number of fused-ring (bicyclic) bond motifs is 3. The van der Waals surface area contributed by atoms with E-state index in [-0.39, 0.29) is 16.7 Å². The zero-order valence-corrected chi connectivity index (χ0v) is 18.9. The molecule has 34 heavy (non-hydrogen) atoms. The van der Waals surface area contributed by atoms with E-state index in [4.69, 9.17) is 11.6 Å². The number of rotatable bonds is 3. The van der Waals surface area contributed by atoms with Crippen LogP contribution in [-0.4, -0.2) is 32.2 Å². The summed E-state index contributed by atoms with van der Waals surface area (Å²) in [5.74, 6) is -0.274. The lowest BCUT2D eigenvalue weighted by Crippen LogP contribution is -2.24. The number of imidazole rings is 1. The lowest BCUT2D eigenvalue weighted by atomic mass is 10.0. The molecule has 0 aliphatic carbocycles. The van der Waals surface area contributed by atoms with Crippen LogP contribution in [0, 0.1) is 5.82 Å². The van der Waals surface area contributed by atoms with Crippen molar-refractivity contribution in [2.45, 2.75) is 0 Å². The second kappa shape index (κ2) is 8.27. The van der Waals surface area contributed by atoms with E-state index >= 15 is 0 Å². The average molecular weight is 477 g/mol. The molecule has 0 spiro atoms. The maximum atomic E-state index is 14.9. The van der Waals surface area contributed by atoms with E-state index in [0.717, 1.165) is 11.1 Å². The molecule has 0 aliphatic heterocycles. The Kier molecular flexibility index (Phi) is 5.25. The molecule has 0 unspecified atom stereocenters. The van der Waals surface area contributed by atoms with Gasteiger partial charge in [-0.25, -0.2) is 19.0 Å². The third-order valence-electron chi connectivity index (χ3n) is 5.62. The summed E-state index contributed by atoms with van der Waals surface area (Å²) in [7, 11) is 3.13. The van der Waals surface area contributed by atoms with Crippen molar-refractivity contribution in [3.05, 3.63) is 82.2 Å². The molecule has 0 fully saturated rings. The maximum Gasteiger partial charge on any atom is 0.333 e. The van der Waals surface area contributed by atoms with Crippen molar-refractivity contribution in [3.8, 4) is 16.8 Å². The van der Waals surface area contributed by atoms with Crippen LogP contribution in [0.4, 0.5) is 15.0 Å². The van der Waals surface area contributed by atoms with E-state index in [0.29, 0.717) is 27.8 Å². The first-order valence-corrected chi connectivity index (χ1v) is 10.7. The van der Waals surface area contributed by atoms with Gasteiger partial charge in [-0.15, -0.1) is 0 Å². The molecular weight excluding hydrogens is 459 g/mol. The SMILES string of the molecule is CNC(=O)Nc1ccc(-c2ccc3ncc4c(c3c2)n(-c2cccc(Cl)c2F)c(=O)n4C)cn1. The third-order valence-corrected chi connectivity index (χ3v) is 5.91. The highest BCUT2D eigenvalue weighted by atomic mass is 35.5. The number of hydrogen-bond acceptors (Lipinski definition) is 4. The molecule has 2 amide bonds. The summed E-state index contributed by atoms with van der Waals surface area (Å²) in [4.78, 5) is 33.4. The molecule has 0 atom stereocenters.